The lowest BCUT2D eigenvalue weighted by molar-refractivity contribution is -0.124. The van der Waals surface area contributed by atoms with Gasteiger partial charge in [0, 0.05) is 31.3 Å². The first-order valence-electron chi connectivity index (χ1n) is 7.11. The molecule has 7 nitrogen and oxygen atoms in total. The van der Waals surface area contributed by atoms with Gasteiger partial charge in [0.1, 0.15) is 5.69 Å². The molecule has 9 heteroatoms. The SMILES string of the molecule is NC(=O)C1CN(c2cc(F)c(N3C=CC(=O)CC3)c(F)c2)C(=O)O1. The highest BCUT2D eigenvalue weighted by Crippen LogP contribution is 2.31. The van der Waals surface area contributed by atoms with Gasteiger partial charge in [0.15, 0.2) is 23.5 Å². The number of ether oxygens (including phenoxy) is 1. The molecule has 0 aromatic heterocycles. The van der Waals surface area contributed by atoms with Gasteiger partial charge in [-0.15, -0.1) is 0 Å². The Labute approximate surface area is 135 Å². The van der Waals surface area contributed by atoms with Crippen molar-refractivity contribution in [1.82, 2.24) is 0 Å². The van der Waals surface area contributed by atoms with Crippen LogP contribution in [0, 0.1) is 11.6 Å². The number of benzene rings is 1. The molecule has 0 spiro atoms. The first-order valence-corrected chi connectivity index (χ1v) is 7.11. The molecule has 2 aliphatic rings. The van der Waals surface area contributed by atoms with Crippen LogP contribution in [-0.4, -0.2) is 37.0 Å². The summed E-state index contributed by atoms with van der Waals surface area (Å²) in [7, 11) is 0. The van der Waals surface area contributed by atoms with Crippen LogP contribution in [-0.2, 0) is 14.3 Å². The number of ketones is 1. The van der Waals surface area contributed by atoms with E-state index in [-0.39, 0.29) is 36.7 Å². The van der Waals surface area contributed by atoms with Crippen molar-refractivity contribution in [3.05, 3.63) is 36.0 Å². The molecule has 1 aromatic rings. The molecule has 2 N–H and O–H groups in total. The normalized spacial score (nSPS) is 20.5. The zero-order valence-corrected chi connectivity index (χ0v) is 12.4. The number of carbonyl (C=O) groups excluding carboxylic acids is 3. The minimum atomic E-state index is -1.17. The molecule has 1 atom stereocenters. The lowest BCUT2D eigenvalue weighted by Crippen LogP contribution is -2.32. The van der Waals surface area contributed by atoms with E-state index >= 15 is 0 Å². The zero-order chi connectivity index (χ0) is 17.4. The Morgan fingerprint density at radius 1 is 1.25 bits per heavy atom. The number of halogens is 2. The number of amides is 2. The standard InChI is InChI=1S/C15H13F2N3O4/c16-10-5-8(20-7-12(14(18)22)24-15(20)23)6-11(17)13(10)19-3-1-9(21)2-4-19/h1,3,5-6,12H,2,4,7H2,(H2,18,22). The predicted molar refractivity (Wildman–Crippen MR) is 79.3 cm³/mol. The fourth-order valence-corrected chi connectivity index (χ4v) is 2.55. The molecule has 0 bridgehead atoms. The largest absolute Gasteiger partial charge is 0.434 e. The molecule has 0 saturated carbocycles. The van der Waals surface area contributed by atoms with Gasteiger partial charge in [-0.3, -0.25) is 14.5 Å². The summed E-state index contributed by atoms with van der Waals surface area (Å²) in [6.07, 6.45) is 0.620. The van der Waals surface area contributed by atoms with Crippen LogP contribution in [0.4, 0.5) is 25.0 Å². The number of allylic oxidation sites excluding steroid dienone is 1. The monoisotopic (exact) mass is 337 g/mol. The summed E-state index contributed by atoms with van der Waals surface area (Å²) in [6, 6.07) is 1.93. The summed E-state index contributed by atoms with van der Waals surface area (Å²) in [6.45, 7) is -0.0669. The Morgan fingerprint density at radius 2 is 1.92 bits per heavy atom. The number of nitrogens with two attached hydrogens (primary N) is 1. The molecule has 0 radical (unpaired) electrons. The van der Waals surface area contributed by atoms with Crippen molar-refractivity contribution in [3.8, 4) is 0 Å². The molecule has 1 fully saturated rings. The van der Waals surface area contributed by atoms with Crippen molar-refractivity contribution in [2.45, 2.75) is 12.5 Å². The molecule has 2 aliphatic heterocycles. The Morgan fingerprint density at radius 3 is 2.42 bits per heavy atom. The van der Waals surface area contributed by atoms with E-state index in [1.807, 2.05) is 0 Å². The second kappa shape index (κ2) is 5.91. The van der Waals surface area contributed by atoms with Crippen LogP contribution in [0.15, 0.2) is 24.4 Å². The Bertz CT molecular complexity index is 742. The lowest BCUT2D eigenvalue weighted by atomic mass is 10.1. The van der Waals surface area contributed by atoms with Gasteiger partial charge < -0.3 is 15.4 Å². The molecule has 126 valence electrons. The van der Waals surface area contributed by atoms with Gasteiger partial charge in [0.05, 0.1) is 12.2 Å². The average molecular weight is 337 g/mol. The molecule has 1 saturated heterocycles. The summed E-state index contributed by atoms with van der Waals surface area (Å²) in [5, 5.41) is 0. The molecular weight excluding hydrogens is 324 g/mol. The van der Waals surface area contributed by atoms with E-state index in [1.165, 1.54) is 17.2 Å². The highest BCUT2D eigenvalue weighted by molar-refractivity contribution is 5.95. The van der Waals surface area contributed by atoms with Gasteiger partial charge in [0.25, 0.3) is 5.91 Å². The van der Waals surface area contributed by atoms with E-state index < -0.39 is 29.7 Å². The third-order valence-electron chi connectivity index (χ3n) is 3.77. The van der Waals surface area contributed by atoms with E-state index in [4.69, 9.17) is 10.5 Å². The quantitative estimate of drug-likeness (QED) is 0.890. The van der Waals surface area contributed by atoms with Gasteiger partial charge in [-0.25, -0.2) is 13.6 Å². The maximum Gasteiger partial charge on any atom is 0.415 e. The minimum Gasteiger partial charge on any atom is -0.434 e. The molecular formula is C15H13F2N3O4. The molecule has 2 heterocycles. The van der Waals surface area contributed by atoms with Crippen molar-refractivity contribution >= 4 is 29.2 Å². The number of nitrogens with zero attached hydrogens (tertiary/aromatic N) is 2. The van der Waals surface area contributed by atoms with Gasteiger partial charge in [0.2, 0.25) is 0 Å². The Kier molecular flexibility index (Phi) is 3.92. The van der Waals surface area contributed by atoms with Gasteiger partial charge >= 0.3 is 6.09 Å². The van der Waals surface area contributed by atoms with Crippen LogP contribution in [0.5, 0.6) is 0 Å². The summed E-state index contributed by atoms with van der Waals surface area (Å²) in [5.41, 5.74) is 4.66. The summed E-state index contributed by atoms with van der Waals surface area (Å²) in [4.78, 5) is 36.2. The van der Waals surface area contributed by atoms with E-state index in [0.29, 0.717) is 0 Å². The lowest BCUT2D eigenvalue weighted by Gasteiger charge is -2.25. The van der Waals surface area contributed by atoms with E-state index in [2.05, 4.69) is 0 Å². The number of carbonyl (C=O) groups is 3. The average Bonchev–Trinajstić information content (AvgIpc) is 2.90. The third-order valence-corrected chi connectivity index (χ3v) is 3.77. The van der Waals surface area contributed by atoms with Gasteiger partial charge in [-0.05, 0) is 6.08 Å². The van der Waals surface area contributed by atoms with Crippen LogP contribution < -0.4 is 15.5 Å². The fourth-order valence-electron chi connectivity index (χ4n) is 2.55. The number of anilines is 2. The maximum absolute atomic E-state index is 14.4. The molecule has 24 heavy (non-hydrogen) atoms. The van der Waals surface area contributed by atoms with Crippen LogP contribution in [0.3, 0.4) is 0 Å². The topological polar surface area (TPSA) is 92.9 Å². The first kappa shape index (κ1) is 15.9. The Balaban J connectivity index is 1.90. The number of rotatable bonds is 3. The number of cyclic esters (lactones) is 1. The number of hydrogen-bond acceptors (Lipinski definition) is 5. The first-order chi connectivity index (χ1) is 11.4. The molecule has 3 rings (SSSR count). The van der Waals surface area contributed by atoms with Crippen molar-refractivity contribution in [2.75, 3.05) is 22.9 Å². The van der Waals surface area contributed by atoms with Gasteiger partial charge in [-0.2, -0.15) is 0 Å². The molecule has 0 aliphatic carbocycles. The van der Waals surface area contributed by atoms with Crippen molar-refractivity contribution < 1.29 is 27.9 Å². The smallest absolute Gasteiger partial charge is 0.415 e. The van der Waals surface area contributed by atoms with E-state index in [9.17, 15) is 23.2 Å². The Hall–Kier alpha value is -2.97. The minimum absolute atomic E-state index is 0.0837. The van der Waals surface area contributed by atoms with Crippen molar-refractivity contribution in [3.63, 3.8) is 0 Å². The van der Waals surface area contributed by atoms with Crippen LogP contribution in [0.1, 0.15) is 6.42 Å². The number of primary amides is 1. The number of hydrogen-bond donors (Lipinski definition) is 1. The maximum atomic E-state index is 14.4. The summed E-state index contributed by atoms with van der Waals surface area (Å²) < 4.78 is 33.5. The molecule has 2 amide bonds. The fraction of sp³-hybridized carbons (Fsp3) is 0.267. The molecule has 1 unspecified atom stereocenters. The second-order valence-corrected chi connectivity index (χ2v) is 5.37. The van der Waals surface area contributed by atoms with Crippen molar-refractivity contribution in [1.29, 1.82) is 0 Å². The van der Waals surface area contributed by atoms with E-state index in [1.54, 1.807) is 0 Å². The summed E-state index contributed by atoms with van der Waals surface area (Å²) in [5.74, 6) is -2.77. The van der Waals surface area contributed by atoms with Crippen LogP contribution >= 0.6 is 0 Å². The third kappa shape index (κ3) is 2.80. The second-order valence-electron chi connectivity index (χ2n) is 5.37. The van der Waals surface area contributed by atoms with Crippen molar-refractivity contribution in [2.24, 2.45) is 5.73 Å². The van der Waals surface area contributed by atoms with Crippen LogP contribution in [0.25, 0.3) is 0 Å². The highest BCUT2D eigenvalue weighted by atomic mass is 19.1. The zero-order valence-electron chi connectivity index (χ0n) is 12.4. The van der Waals surface area contributed by atoms with Gasteiger partial charge in [-0.1, -0.05) is 0 Å². The highest BCUT2D eigenvalue weighted by Gasteiger charge is 2.36. The van der Waals surface area contributed by atoms with Crippen LogP contribution in [0.2, 0.25) is 0 Å². The predicted octanol–water partition coefficient (Wildman–Crippen LogP) is 1.07. The van der Waals surface area contributed by atoms with E-state index in [0.717, 1.165) is 17.0 Å². The molecule has 1 aromatic carbocycles. The summed E-state index contributed by atoms with van der Waals surface area (Å²) >= 11 is 0.